The molecule has 2 N–H and O–H groups in total. The number of nitrogens with one attached hydrogen (secondary N) is 2. The van der Waals surface area contributed by atoms with Gasteiger partial charge in [0.1, 0.15) is 5.82 Å². The Kier molecular flexibility index (Phi) is 3.40. The molecule has 1 aromatic heterocycles. The molecule has 0 aliphatic carbocycles. The maximum atomic E-state index is 13.6. The van der Waals surface area contributed by atoms with Crippen molar-refractivity contribution in [2.45, 2.75) is 25.3 Å². The number of methoxy groups -OCH3 is 1. The van der Waals surface area contributed by atoms with E-state index < -0.39 is 5.82 Å². The second-order valence-electron chi connectivity index (χ2n) is 5.06. The van der Waals surface area contributed by atoms with Crippen LogP contribution in [0.1, 0.15) is 18.5 Å². The highest BCUT2D eigenvalue weighted by Crippen LogP contribution is 2.31. The lowest BCUT2D eigenvalue weighted by atomic mass is 9.96. The predicted octanol–water partition coefficient (Wildman–Crippen LogP) is 1.83. The molecular formula is C14H16FN3O2. The molecule has 0 bridgehead atoms. The largest absolute Gasteiger partial charge is 0.385 e. The van der Waals surface area contributed by atoms with Crippen LogP contribution in [0.15, 0.2) is 16.9 Å². The summed E-state index contributed by atoms with van der Waals surface area (Å²) in [5.74, 6) is -0.416. The van der Waals surface area contributed by atoms with E-state index in [4.69, 9.17) is 4.74 Å². The summed E-state index contributed by atoms with van der Waals surface area (Å²) in [6.07, 6.45) is 2.55. The first-order chi connectivity index (χ1) is 9.69. The number of hydrogen-bond donors (Lipinski definition) is 2. The Morgan fingerprint density at radius 3 is 3.15 bits per heavy atom. The van der Waals surface area contributed by atoms with Crippen molar-refractivity contribution in [2.75, 3.05) is 19.0 Å². The molecule has 2 heterocycles. The van der Waals surface area contributed by atoms with E-state index >= 15 is 0 Å². The summed E-state index contributed by atoms with van der Waals surface area (Å²) < 4.78 is 18.7. The van der Waals surface area contributed by atoms with E-state index in [1.54, 1.807) is 7.11 Å². The summed E-state index contributed by atoms with van der Waals surface area (Å²) in [5.41, 5.74) is 1.11. The summed E-state index contributed by atoms with van der Waals surface area (Å²) in [6, 6.07) is 2.87. The Hall–Kier alpha value is -1.95. The van der Waals surface area contributed by atoms with Gasteiger partial charge in [-0.05, 0) is 25.0 Å². The zero-order valence-corrected chi connectivity index (χ0v) is 11.2. The molecule has 0 fully saturated rings. The normalized spacial score (nSPS) is 17.2. The Balaban J connectivity index is 1.99. The fourth-order valence-electron chi connectivity index (χ4n) is 2.75. The zero-order valence-electron chi connectivity index (χ0n) is 11.2. The monoisotopic (exact) mass is 277 g/mol. The molecule has 1 unspecified atom stereocenters. The lowest BCUT2D eigenvalue weighted by Gasteiger charge is -2.26. The molecule has 3 rings (SSSR count). The molecule has 1 aliphatic heterocycles. The van der Waals surface area contributed by atoms with Gasteiger partial charge < -0.3 is 10.1 Å². The van der Waals surface area contributed by atoms with Crippen molar-refractivity contribution >= 4 is 16.5 Å². The van der Waals surface area contributed by atoms with Gasteiger partial charge in [-0.2, -0.15) is 5.10 Å². The average Bonchev–Trinajstić information content (AvgIpc) is 2.42. The van der Waals surface area contributed by atoms with Gasteiger partial charge in [-0.1, -0.05) is 0 Å². The molecule has 0 spiro atoms. The average molecular weight is 277 g/mol. The maximum Gasteiger partial charge on any atom is 0.272 e. The highest BCUT2D eigenvalue weighted by molar-refractivity contribution is 5.96. The molecule has 1 atom stereocenters. The van der Waals surface area contributed by atoms with Gasteiger partial charge >= 0.3 is 0 Å². The van der Waals surface area contributed by atoms with Crippen LogP contribution in [0.2, 0.25) is 0 Å². The topological polar surface area (TPSA) is 67.0 Å². The Bertz CT molecular complexity index is 699. The first kappa shape index (κ1) is 13.1. The maximum absolute atomic E-state index is 13.6. The highest BCUT2D eigenvalue weighted by atomic mass is 19.1. The van der Waals surface area contributed by atoms with Crippen LogP contribution in [-0.2, 0) is 11.2 Å². The van der Waals surface area contributed by atoms with Crippen molar-refractivity contribution in [3.63, 3.8) is 0 Å². The number of hydrogen-bond acceptors (Lipinski definition) is 4. The van der Waals surface area contributed by atoms with Crippen LogP contribution in [0.4, 0.5) is 10.1 Å². The smallest absolute Gasteiger partial charge is 0.272 e. The number of rotatable bonds is 4. The summed E-state index contributed by atoms with van der Waals surface area (Å²) in [5, 5.41) is 10.9. The fourth-order valence-corrected chi connectivity index (χ4v) is 2.75. The van der Waals surface area contributed by atoms with E-state index in [0.717, 1.165) is 30.3 Å². The number of halogens is 1. The van der Waals surface area contributed by atoms with Crippen molar-refractivity contribution in [1.82, 2.24) is 10.2 Å². The van der Waals surface area contributed by atoms with Crippen LogP contribution in [0.3, 0.4) is 0 Å². The molecule has 5 nitrogen and oxygen atoms in total. The summed E-state index contributed by atoms with van der Waals surface area (Å²) in [7, 11) is 1.67. The predicted molar refractivity (Wildman–Crippen MR) is 74.5 cm³/mol. The molecule has 0 radical (unpaired) electrons. The molecule has 1 aromatic carbocycles. The van der Waals surface area contributed by atoms with Crippen molar-refractivity contribution in [2.24, 2.45) is 0 Å². The van der Waals surface area contributed by atoms with E-state index in [9.17, 15) is 9.18 Å². The second kappa shape index (κ2) is 5.20. The van der Waals surface area contributed by atoms with Gasteiger partial charge in [-0.3, -0.25) is 4.79 Å². The molecule has 0 amide bonds. The van der Waals surface area contributed by atoms with E-state index in [0.29, 0.717) is 17.7 Å². The summed E-state index contributed by atoms with van der Waals surface area (Å²) in [6.45, 7) is 0.697. The second-order valence-corrected chi connectivity index (χ2v) is 5.06. The lowest BCUT2D eigenvalue weighted by molar-refractivity contribution is 0.191. The third kappa shape index (κ3) is 2.27. The number of H-pyrrole nitrogens is 1. The minimum absolute atomic E-state index is 0.182. The van der Waals surface area contributed by atoms with Gasteiger partial charge in [-0.25, -0.2) is 9.49 Å². The number of ether oxygens (including phenoxy) is 1. The minimum Gasteiger partial charge on any atom is -0.385 e. The van der Waals surface area contributed by atoms with Crippen LogP contribution in [0, 0.1) is 5.82 Å². The van der Waals surface area contributed by atoms with E-state index in [1.165, 1.54) is 12.1 Å². The van der Waals surface area contributed by atoms with Gasteiger partial charge in [0.2, 0.25) is 0 Å². The minimum atomic E-state index is -0.416. The standard InChI is InChI=1S/C14H16FN3O2/c1-20-4-2-3-9-7-12-13-10(14(19)18-17-12)5-8(15)6-11(13)16-9/h5-6,9,16H,2-4,7H2,1H3,(H,18,19). The number of aromatic amines is 1. The van der Waals surface area contributed by atoms with Crippen LogP contribution < -0.4 is 10.9 Å². The highest BCUT2D eigenvalue weighted by Gasteiger charge is 2.22. The molecule has 1 aliphatic rings. The van der Waals surface area contributed by atoms with Crippen molar-refractivity contribution < 1.29 is 9.13 Å². The van der Waals surface area contributed by atoms with Crippen LogP contribution in [-0.4, -0.2) is 30.0 Å². The van der Waals surface area contributed by atoms with Gasteiger partial charge in [0.25, 0.3) is 5.56 Å². The molecule has 20 heavy (non-hydrogen) atoms. The number of nitrogens with zero attached hydrogens (tertiary/aromatic N) is 1. The van der Waals surface area contributed by atoms with Crippen molar-refractivity contribution in [1.29, 1.82) is 0 Å². The molecule has 6 heteroatoms. The first-order valence-electron chi connectivity index (χ1n) is 6.65. The van der Waals surface area contributed by atoms with Gasteiger partial charge in [0, 0.05) is 37.3 Å². The fraction of sp³-hybridized carbons (Fsp3) is 0.429. The molecule has 0 saturated heterocycles. The van der Waals surface area contributed by atoms with Crippen LogP contribution in [0.5, 0.6) is 0 Å². The Labute approximate surface area is 115 Å². The number of aromatic nitrogens is 2. The number of anilines is 1. The first-order valence-corrected chi connectivity index (χ1v) is 6.65. The summed E-state index contributed by atoms with van der Waals surface area (Å²) >= 11 is 0. The molecule has 0 saturated carbocycles. The van der Waals surface area contributed by atoms with Gasteiger partial charge in [0.05, 0.1) is 11.1 Å². The quantitative estimate of drug-likeness (QED) is 0.837. The molecular weight excluding hydrogens is 261 g/mol. The third-order valence-corrected chi connectivity index (χ3v) is 3.63. The van der Waals surface area contributed by atoms with E-state index in [-0.39, 0.29) is 11.6 Å². The van der Waals surface area contributed by atoms with Crippen molar-refractivity contribution in [3.8, 4) is 0 Å². The van der Waals surface area contributed by atoms with Gasteiger partial charge in [0.15, 0.2) is 0 Å². The lowest BCUT2D eigenvalue weighted by Crippen LogP contribution is -2.29. The number of benzene rings is 1. The van der Waals surface area contributed by atoms with Crippen LogP contribution in [0.25, 0.3) is 10.8 Å². The Morgan fingerprint density at radius 2 is 2.35 bits per heavy atom. The van der Waals surface area contributed by atoms with Crippen molar-refractivity contribution in [3.05, 3.63) is 34.0 Å². The van der Waals surface area contributed by atoms with E-state index in [2.05, 4.69) is 15.5 Å². The molecule has 2 aromatic rings. The van der Waals surface area contributed by atoms with Crippen LogP contribution >= 0.6 is 0 Å². The van der Waals surface area contributed by atoms with Gasteiger partial charge in [-0.15, -0.1) is 0 Å². The summed E-state index contributed by atoms with van der Waals surface area (Å²) in [4.78, 5) is 11.7. The SMILES string of the molecule is COCCCC1Cc2n[nH]c(=O)c3cc(F)cc(c23)N1. The third-order valence-electron chi connectivity index (χ3n) is 3.63. The van der Waals surface area contributed by atoms with E-state index in [1.807, 2.05) is 0 Å². The molecule has 106 valence electrons. The Morgan fingerprint density at radius 1 is 1.50 bits per heavy atom. The zero-order chi connectivity index (χ0) is 14.1.